The number of aliphatic hydroxyl groups is 2. The number of hydrogen-bond acceptors (Lipinski definition) is 6. The average Bonchev–Trinajstić information content (AvgIpc) is 2.80. The summed E-state index contributed by atoms with van der Waals surface area (Å²) in [7, 11) is 1.74. The summed E-state index contributed by atoms with van der Waals surface area (Å²) in [5.41, 5.74) is 5.95. The number of anilines is 1. The molecule has 9 heteroatoms. The standard InChI is InChI=1S/C11H13N5O4/c1-15-4-2-3-6(17)7(18)10(20-3)16(4)8-5(15)9(19)14-11(12)13-8/h3,6-7,10,17-18H,2H2,1H3,(H2-,12,13,14,19)/p+1. The molecule has 106 valence electrons. The zero-order chi connectivity index (χ0) is 14.2. The summed E-state index contributed by atoms with van der Waals surface area (Å²) in [4.78, 5) is 18.6. The predicted molar refractivity (Wildman–Crippen MR) is 65.6 cm³/mol. The lowest BCUT2D eigenvalue weighted by Gasteiger charge is -2.19. The maximum atomic E-state index is 12.0. The number of nitrogens with one attached hydrogen (secondary N) is 1. The van der Waals surface area contributed by atoms with E-state index in [9.17, 15) is 15.0 Å². The third kappa shape index (κ3) is 1.24. The van der Waals surface area contributed by atoms with Gasteiger partial charge in [-0.05, 0) is 0 Å². The van der Waals surface area contributed by atoms with Crippen LogP contribution in [-0.2, 0) is 18.2 Å². The van der Waals surface area contributed by atoms with Gasteiger partial charge in [-0.3, -0.25) is 14.3 Å². The highest BCUT2D eigenvalue weighted by Gasteiger charge is 2.53. The van der Waals surface area contributed by atoms with Crippen LogP contribution >= 0.6 is 0 Å². The lowest BCUT2D eigenvalue weighted by atomic mass is 10.1. The normalized spacial score (nSPS) is 31.8. The van der Waals surface area contributed by atoms with Gasteiger partial charge in [-0.1, -0.05) is 4.98 Å². The first kappa shape index (κ1) is 11.8. The van der Waals surface area contributed by atoms with E-state index >= 15 is 0 Å². The summed E-state index contributed by atoms with van der Waals surface area (Å²) < 4.78 is 8.95. The first-order valence-electron chi connectivity index (χ1n) is 6.29. The molecule has 2 bridgehead atoms. The van der Waals surface area contributed by atoms with Gasteiger partial charge < -0.3 is 20.7 Å². The first-order valence-corrected chi connectivity index (χ1v) is 6.29. The van der Waals surface area contributed by atoms with E-state index < -0.39 is 24.5 Å². The van der Waals surface area contributed by atoms with Crippen molar-refractivity contribution in [3.05, 3.63) is 16.2 Å². The number of rotatable bonds is 0. The molecule has 0 aliphatic carbocycles. The van der Waals surface area contributed by atoms with Crippen molar-refractivity contribution in [3.8, 4) is 0 Å². The Labute approximate surface area is 112 Å². The van der Waals surface area contributed by atoms with E-state index in [2.05, 4.69) is 9.97 Å². The van der Waals surface area contributed by atoms with Gasteiger partial charge in [-0.15, -0.1) is 0 Å². The van der Waals surface area contributed by atoms with Crippen LogP contribution in [0, 0.1) is 0 Å². The lowest BCUT2D eigenvalue weighted by Crippen LogP contribution is -2.50. The van der Waals surface area contributed by atoms with Crippen LogP contribution in [-0.4, -0.2) is 43.1 Å². The van der Waals surface area contributed by atoms with Crippen molar-refractivity contribution in [2.45, 2.75) is 31.0 Å². The molecule has 2 aromatic heterocycles. The third-order valence-corrected chi connectivity index (χ3v) is 4.10. The number of aliphatic hydroxyl groups excluding tert-OH is 2. The summed E-state index contributed by atoms with van der Waals surface area (Å²) in [6, 6.07) is 0. The zero-order valence-corrected chi connectivity index (χ0v) is 10.6. The molecule has 20 heavy (non-hydrogen) atoms. The van der Waals surface area contributed by atoms with Crippen LogP contribution < -0.4 is 15.9 Å². The number of nitrogens with zero attached hydrogens (tertiary/aromatic N) is 3. The molecule has 2 aromatic rings. The Morgan fingerprint density at radius 2 is 2.25 bits per heavy atom. The molecule has 0 amide bonds. The van der Waals surface area contributed by atoms with E-state index in [0.29, 0.717) is 17.6 Å². The molecule has 4 unspecified atom stereocenters. The van der Waals surface area contributed by atoms with Crippen LogP contribution in [0.4, 0.5) is 5.95 Å². The zero-order valence-electron chi connectivity index (χ0n) is 10.6. The van der Waals surface area contributed by atoms with Gasteiger partial charge in [0.2, 0.25) is 17.6 Å². The molecule has 2 aliphatic heterocycles. The fourth-order valence-corrected chi connectivity index (χ4v) is 3.15. The van der Waals surface area contributed by atoms with Crippen LogP contribution in [0.3, 0.4) is 0 Å². The summed E-state index contributed by atoms with van der Waals surface area (Å²) in [5, 5.41) is 20.0. The Hall–Kier alpha value is -1.97. The topological polar surface area (TPSA) is 130 Å². The van der Waals surface area contributed by atoms with Crippen LogP contribution in [0.15, 0.2) is 4.79 Å². The van der Waals surface area contributed by atoms with E-state index in [0.717, 1.165) is 5.82 Å². The molecule has 1 saturated heterocycles. The van der Waals surface area contributed by atoms with Crippen LogP contribution in [0.5, 0.6) is 0 Å². The smallest absolute Gasteiger partial charge is 0.314 e. The summed E-state index contributed by atoms with van der Waals surface area (Å²) in [6.07, 6.45) is -2.85. The molecule has 4 atom stereocenters. The van der Waals surface area contributed by atoms with Crippen molar-refractivity contribution in [3.63, 3.8) is 0 Å². The number of imidazole rings is 1. The van der Waals surface area contributed by atoms with Crippen LogP contribution in [0.25, 0.3) is 11.2 Å². The Morgan fingerprint density at radius 3 is 3.00 bits per heavy atom. The molecule has 9 nitrogen and oxygen atoms in total. The number of fused-ring (bicyclic) bond motifs is 6. The Kier molecular flexibility index (Phi) is 2.11. The van der Waals surface area contributed by atoms with Crippen molar-refractivity contribution in [2.24, 2.45) is 7.05 Å². The maximum absolute atomic E-state index is 12.0. The van der Waals surface area contributed by atoms with E-state index in [1.165, 1.54) is 0 Å². The van der Waals surface area contributed by atoms with Gasteiger partial charge in [0.25, 0.3) is 11.5 Å². The average molecular weight is 280 g/mol. The first-order chi connectivity index (χ1) is 9.49. The van der Waals surface area contributed by atoms with E-state index in [4.69, 9.17) is 10.5 Å². The highest BCUT2D eigenvalue weighted by Crippen LogP contribution is 2.33. The van der Waals surface area contributed by atoms with Crippen molar-refractivity contribution < 1.29 is 19.5 Å². The second kappa shape index (κ2) is 3.57. The SMILES string of the molecule is Cn1c2[n+](c3nc(N)[nH]c(=O)c31)C1OC(C2)C(O)C1O. The minimum atomic E-state index is -1.06. The number of hydrogen-bond donors (Lipinski definition) is 4. The van der Waals surface area contributed by atoms with Gasteiger partial charge >= 0.3 is 5.65 Å². The Morgan fingerprint density at radius 1 is 1.50 bits per heavy atom. The molecular weight excluding hydrogens is 266 g/mol. The number of aromatic nitrogens is 4. The highest BCUT2D eigenvalue weighted by molar-refractivity contribution is 5.67. The van der Waals surface area contributed by atoms with Crippen molar-refractivity contribution in [1.82, 2.24) is 14.5 Å². The molecule has 0 aromatic carbocycles. The number of aryl methyl sites for hydroxylation is 1. The third-order valence-electron chi connectivity index (χ3n) is 4.10. The van der Waals surface area contributed by atoms with Gasteiger partial charge in [0, 0.05) is 0 Å². The minimum absolute atomic E-state index is 0.00133. The number of H-pyrrole nitrogens is 1. The summed E-state index contributed by atoms with van der Waals surface area (Å²) in [6.45, 7) is 0. The summed E-state index contributed by atoms with van der Waals surface area (Å²) >= 11 is 0. The Balaban J connectivity index is 2.09. The minimum Gasteiger partial charge on any atom is -0.387 e. The van der Waals surface area contributed by atoms with Gasteiger partial charge in [0.05, 0.1) is 13.5 Å². The highest BCUT2D eigenvalue weighted by atomic mass is 16.6. The maximum Gasteiger partial charge on any atom is 0.314 e. The van der Waals surface area contributed by atoms with Crippen molar-refractivity contribution in [1.29, 1.82) is 0 Å². The van der Waals surface area contributed by atoms with E-state index in [1.807, 2.05) is 0 Å². The number of aromatic amines is 1. The van der Waals surface area contributed by atoms with Crippen molar-refractivity contribution in [2.75, 3.05) is 5.73 Å². The molecule has 2 aliphatic rings. The predicted octanol–water partition coefficient (Wildman–Crippen LogP) is -2.69. The fourth-order valence-electron chi connectivity index (χ4n) is 3.15. The molecule has 0 spiro atoms. The summed E-state index contributed by atoms with van der Waals surface area (Å²) in [5.74, 6) is 0.763. The van der Waals surface area contributed by atoms with Crippen molar-refractivity contribution >= 4 is 17.1 Å². The molecule has 1 fully saturated rings. The largest absolute Gasteiger partial charge is 0.387 e. The second-order valence-corrected chi connectivity index (χ2v) is 5.22. The number of nitrogens with two attached hydrogens (primary N) is 1. The van der Waals surface area contributed by atoms with Gasteiger partial charge in [-0.25, -0.2) is 0 Å². The molecule has 4 heterocycles. The van der Waals surface area contributed by atoms with Crippen LogP contribution in [0.1, 0.15) is 12.1 Å². The van der Waals surface area contributed by atoms with E-state index in [1.54, 1.807) is 16.2 Å². The number of ether oxygens (including phenoxy) is 1. The van der Waals surface area contributed by atoms with Gasteiger partial charge in [-0.2, -0.15) is 4.57 Å². The molecular formula is C11H14N5O4+. The van der Waals surface area contributed by atoms with Gasteiger partial charge in [0.1, 0.15) is 18.3 Å². The fraction of sp³-hybridized carbons (Fsp3) is 0.545. The Bertz CT molecular complexity index is 781. The van der Waals surface area contributed by atoms with Gasteiger partial charge in [0.15, 0.2) is 0 Å². The molecule has 0 radical (unpaired) electrons. The second-order valence-electron chi connectivity index (χ2n) is 5.22. The monoisotopic (exact) mass is 280 g/mol. The molecule has 4 rings (SSSR count). The van der Waals surface area contributed by atoms with E-state index in [-0.39, 0.29) is 11.5 Å². The number of nitrogen functional groups attached to an aromatic ring is 1. The molecule has 5 N–H and O–H groups in total. The quantitative estimate of drug-likeness (QED) is 0.389. The van der Waals surface area contributed by atoms with Crippen LogP contribution in [0.2, 0.25) is 0 Å². The lowest BCUT2D eigenvalue weighted by molar-refractivity contribution is -0.759. The molecule has 0 saturated carbocycles.